The first-order valence-electron chi connectivity index (χ1n) is 7.56. The van der Waals surface area contributed by atoms with E-state index in [9.17, 15) is 9.59 Å². The van der Waals surface area contributed by atoms with Crippen LogP contribution in [-0.2, 0) is 0 Å². The number of carbonyl (C=O) groups is 2. The number of unbranched alkanes of at least 4 members (excludes halogenated alkanes) is 1. The van der Waals surface area contributed by atoms with Gasteiger partial charge in [-0.1, -0.05) is 19.4 Å². The van der Waals surface area contributed by atoms with Crippen LogP contribution in [0.25, 0.3) is 0 Å². The molecule has 1 aromatic heterocycles. The molecule has 1 rings (SSSR count). The Morgan fingerprint density at radius 3 is 2.14 bits per heavy atom. The third-order valence-electron chi connectivity index (χ3n) is 3.43. The van der Waals surface area contributed by atoms with Gasteiger partial charge in [-0.05, 0) is 32.4 Å². The fourth-order valence-electron chi connectivity index (χ4n) is 2.04. The Morgan fingerprint density at radius 2 is 1.62 bits per heavy atom. The molecule has 0 saturated carbocycles. The van der Waals surface area contributed by atoms with Gasteiger partial charge in [-0.15, -0.1) is 0 Å². The molecule has 1 heterocycles. The number of aromatic nitrogens is 1. The summed E-state index contributed by atoms with van der Waals surface area (Å²) in [6.07, 6.45) is 1.99. The van der Waals surface area contributed by atoms with Gasteiger partial charge in [-0.25, -0.2) is 4.98 Å². The molecule has 5 nitrogen and oxygen atoms in total. The summed E-state index contributed by atoms with van der Waals surface area (Å²) in [5.41, 5.74) is 0.653. The number of rotatable bonds is 7. The molecule has 0 spiro atoms. The zero-order valence-corrected chi connectivity index (χ0v) is 13.4. The summed E-state index contributed by atoms with van der Waals surface area (Å²) in [4.78, 5) is 32.1. The first kappa shape index (κ1) is 17.1. The van der Waals surface area contributed by atoms with E-state index in [2.05, 4.69) is 11.9 Å². The van der Waals surface area contributed by atoms with Gasteiger partial charge in [0.2, 0.25) is 0 Å². The average Bonchev–Trinajstić information content (AvgIpc) is 2.53. The van der Waals surface area contributed by atoms with E-state index in [1.807, 2.05) is 13.8 Å². The molecule has 21 heavy (non-hydrogen) atoms. The van der Waals surface area contributed by atoms with E-state index in [0.29, 0.717) is 31.0 Å². The lowest BCUT2D eigenvalue weighted by Crippen LogP contribution is -2.32. The maximum atomic E-state index is 12.3. The first-order chi connectivity index (χ1) is 10.0. The lowest BCUT2D eigenvalue weighted by molar-refractivity contribution is 0.0765. The quantitative estimate of drug-likeness (QED) is 0.775. The molecule has 2 amide bonds. The molecule has 5 heteroatoms. The summed E-state index contributed by atoms with van der Waals surface area (Å²) in [7, 11) is 1.76. The second-order valence-electron chi connectivity index (χ2n) is 4.97. The Balaban J connectivity index is 2.90. The second-order valence-corrected chi connectivity index (χ2v) is 4.97. The van der Waals surface area contributed by atoms with E-state index >= 15 is 0 Å². The van der Waals surface area contributed by atoms with Crippen LogP contribution < -0.4 is 0 Å². The maximum absolute atomic E-state index is 12.3. The first-order valence-corrected chi connectivity index (χ1v) is 7.56. The number of nitrogens with zero attached hydrogens (tertiary/aromatic N) is 3. The summed E-state index contributed by atoms with van der Waals surface area (Å²) in [5.74, 6) is -0.275. The monoisotopic (exact) mass is 291 g/mol. The van der Waals surface area contributed by atoms with E-state index < -0.39 is 0 Å². The number of pyridine rings is 1. The van der Waals surface area contributed by atoms with Crippen molar-refractivity contribution in [1.29, 1.82) is 0 Å². The van der Waals surface area contributed by atoms with Crippen LogP contribution in [0.3, 0.4) is 0 Å². The molecular formula is C16H25N3O2. The average molecular weight is 291 g/mol. The van der Waals surface area contributed by atoms with Gasteiger partial charge >= 0.3 is 0 Å². The van der Waals surface area contributed by atoms with Gasteiger partial charge in [0, 0.05) is 26.7 Å². The van der Waals surface area contributed by atoms with Gasteiger partial charge in [0.15, 0.2) is 0 Å². The van der Waals surface area contributed by atoms with Crippen molar-refractivity contribution in [2.24, 2.45) is 0 Å². The maximum Gasteiger partial charge on any atom is 0.272 e. The van der Waals surface area contributed by atoms with Gasteiger partial charge in [-0.2, -0.15) is 0 Å². The largest absolute Gasteiger partial charge is 0.340 e. The number of amides is 2. The van der Waals surface area contributed by atoms with E-state index in [1.54, 1.807) is 35.0 Å². The Bertz CT molecular complexity index is 484. The van der Waals surface area contributed by atoms with Crippen molar-refractivity contribution in [3.05, 3.63) is 29.6 Å². The molecule has 0 aromatic carbocycles. The van der Waals surface area contributed by atoms with Crippen molar-refractivity contribution in [3.8, 4) is 0 Å². The standard InChI is InChI=1S/C16H25N3O2/c1-5-8-12-18(4)15(20)13-10-9-11-14(17-13)16(21)19(6-2)7-3/h9-11H,5-8,12H2,1-4H3. The highest BCUT2D eigenvalue weighted by Crippen LogP contribution is 2.07. The molecule has 0 aliphatic carbocycles. The Labute approximate surface area is 127 Å². The third-order valence-corrected chi connectivity index (χ3v) is 3.43. The minimum atomic E-state index is -0.141. The summed E-state index contributed by atoms with van der Waals surface area (Å²) in [5, 5.41) is 0. The van der Waals surface area contributed by atoms with Gasteiger partial charge in [0.25, 0.3) is 11.8 Å². The second kappa shape index (κ2) is 8.39. The molecular weight excluding hydrogens is 266 g/mol. The highest BCUT2D eigenvalue weighted by atomic mass is 16.2. The number of hydrogen-bond donors (Lipinski definition) is 0. The van der Waals surface area contributed by atoms with Crippen molar-refractivity contribution >= 4 is 11.8 Å². The van der Waals surface area contributed by atoms with Gasteiger partial charge < -0.3 is 9.80 Å². The van der Waals surface area contributed by atoms with Crippen LogP contribution in [0.2, 0.25) is 0 Å². The van der Waals surface area contributed by atoms with Crippen LogP contribution in [0.15, 0.2) is 18.2 Å². The fourth-order valence-corrected chi connectivity index (χ4v) is 2.04. The predicted octanol–water partition coefficient (Wildman–Crippen LogP) is 2.44. The predicted molar refractivity (Wildman–Crippen MR) is 83.4 cm³/mol. The Morgan fingerprint density at radius 1 is 1.05 bits per heavy atom. The van der Waals surface area contributed by atoms with E-state index in [0.717, 1.165) is 12.8 Å². The zero-order valence-electron chi connectivity index (χ0n) is 13.4. The summed E-state index contributed by atoms with van der Waals surface area (Å²) in [6.45, 7) is 7.90. The van der Waals surface area contributed by atoms with Crippen LogP contribution in [0.4, 0.5) is 0 Å². The molecule has 0 atom stereocenters. The molecule has 0 fully saturated rings. The van der Waals surface area contributed by atoms with Crippen molar-refractivity contribution < 1.29 is 9.59 Å². The molecule has 0 unspecified atom stereocenters. The molecule has 0 aliphatic heterocycles. The summed E-state index contributed by atoms with van der Waals surface area (Å²) >= 11 is 0. The molecule has 0 saturated heterocycles. The molecule has 1 aromatic rings. The lowest BCUT2D eigenvalue weighted by Gasteiger charge is -2.19. The van der Waals surface area contributed by atoms with Crippen LogP contribution in [-0.4, -0.2) is 53.3 Å². The molecule has 0 N–H and O–H groups in total. The van der Waals surface area contributed by atoms with Crippen molar-refractivity contribution in [3.63, 3.8) is 0 Å². The fraction of sp³-hybridized carbons (Fsp3) is 0.562. The summed E-state index contributed by atoms with van der Waals surface area (Å²) in [6, 6.07) is 5.03. The van der Waals surface area contributed by atoms with E-state index in [1.165, 1.54) is 0 Å². The van der Waals surface area contributed by atoms with Gasteiger partial charge in [0.1, 0.15) is 11.4 Å². The van der Waals surface area contributed by atoms with Crippen molar-refractivity contribution in [2.45, 2.75) is 33.6 Å². The van der Waals surface area contributed by atoms with Crippen LogP contribution in [0.1, 0.15) is 54.6 Å². The SMILES string of the molecule is CCCCN(C)C(=O)c1cccc(C(=O)N(CC)CC)n1. The Kier molecular flexibility index (Phi) is 6.85. The molecule has 0 radical (unpaired) electrons. The topological polar surface area (TPSA) is 53.5 Å². The minimum absolute atomic E-state index is 0.133. The minimum Gasteiger partial charge on any atom is -0.340 e. The smallest absolute Gasteiger partial charge is 0.272 e. The molecule has 0 bridgehead atoms. The lowest BCUT2D eigenvalue weighted by atomic mass is 10.2. The highest BCUT2D eigenvalue weighted by Gasteiger charge is 2.18. The molecule has 116 valence electrons. The van der Waals surface area contributed by atoms with Crippen molar-refractivity contribution in [2.75, 3.05) is 26.7 Å². The van der Waals surface area contributed by atoms with Gasteiger partial charge in [-0.3, -0.25) is 9.59 Å². The zero-order chi connectivity index (χ0) is 15.8. The molecule has 0 aliphatic rings. The Hall–Kier alpha value is -1.91. The third kappa shape index (κ3) is 4.55. The van der Waals surface area contributed by atoms with Crippen molar-refractivity contribution in [1.82, 2.24) is 14.8 Å². The number of carbonyl (C=O) groups excluding carboxylic acids is 2. The normalized spacial score (nSPS) is 10.3. The van der Waals surface area contributed by atoms with Crippen LogP contribution in [0, 0.1) is 0 Å². The van der Waals surface area contributed by atoms with Gasteiger partial charge in [0.05, 0.1) is 0 Å². The summed E-state index contributed by atoms with van der Waals surface area (Å²) < 4.78 is 0. The van der Waals surface area contributed by atoms with Crippen LogP contribution in [0.5, 0.6) is 0 Å². The van der Waals surface area contributed by atoms with E-state index in [4.69, 9.17) is 0 Å². The number of hydrogen-bond acceptors (Lipinski definition) is 3. The van der Waals surface area contributed by atoms with E-state index in [-0.39, 0.29) is 11.8 Å². The highest BCUT2D eigenvalue weighted by molar-refractivity contribution is 5.96. The van der Waals surface area contributed by atoms with Crippen LogP contribution >= 0.6 is 0 Å².